The molecule has 0 N–H and O–H groups in total. The van der Waals surface area contributed by atoms with E-state index >= 15 is 0 Å². The summed E-state index contributed by atoms with van der Waals surface area (Å²) in [5, 5.41) is 2.85. The van der Waals surface area contributed by atoms with Crippen LogP contribution in [0.2, 0.25) is 0 Å². The Kier molecular flexibility index (Phi) is 21.7. The molecule has 0 fully saturated rings. The first-order valence-corrected chi connectivity index (χ1v) is 16.1. The molecule has 0 radical (unpaired) electrons. The number of hydrogen-bond acceptors (Lipinski definition) is 0. The lowest BCUT2D eigenvalue weighted by molar-refractivity contribution is 1.36. The Balaban J connectivity index is 0.00000140. The van der Waals surface area contributed by atoms with Gasteiger partial charge in [0.2, 0.25) is 0 Å². The van der Waals surface area contributed by atoms with Crippen molar-refractivity contribution in [2.75, 3.05) is 0 Å². The number of benzene rings is 4. The van der Waals surface area contributed by atoms with E-state index in [2.05, 4.69) is 109 Å². The largest absolute Gasteiger partial charge is 0.0859 e. The van der Waals surface area contributed by atoms with Crippen LogP contribution in [0.1, 0.15) is 66.5 Å². The van der Waals surface area contributed by atoms with E-state index in [0.717, 1.165) is 29.5 Å². The SMILES string of the molecule is CC.CC.CC.CC.c1ccc(PCc2ccccc2-c2ccccc2CPc2ccccc2)cc1. The third-order valence-corrected chi connectivity index (χ3v) is 7.44. The molecule has 0 aliphatic heterocycles. The van der Waals surface area contributed by atoms with Crippen LogP contribution in [0.25, 0.3) is 11.1 Å². The molecule has 0 nitrogen and oxygen atoms in total. The van der Waals surface area contributed by atoms with Crippen LogP contribution in [0.4, 0.5) is 0 Å². The van der Waals surface area contributed by atoms with Crippen molar-refractivity contribution in [3.05, 3.63) is 120 Å². The molecule has 0 spiro atoms. The molecule has 0 saturated carbocycles. The topological polar surface area (TPSA) is 0 Å². The van der Waals surface area contributed by atoms with E-state index in [1.54, 1.807) is 0 Å². The summed E-state index contributed by atoms with van der Waals surface area (Å²) in [6.45, 7) is 16.0. The predicted octanol–water partition coefficient (Wildman–Crippen LogP) is 10.5. The lowest BCUT2D eigenvalue weighted by atomic mass is 9.97. The average molecular weight is 519 g/mol. The van der Waals surface area contributed by atoms with Gasteiger partial charge in [-0.2, -0.15) is 0 Å². The molecular weight excluding hydrogens is 470 g/mol. The summed E-state index contributed by atoms with van der Waals surface area (Å²) in [6.07, 6.45) is 2.19. The molecule has 0 aliphatic carbocycles. The van der Waals surface area contributed by atoms with Gasteiger partial charge in [-0.1, -0.05) is 182 Å². The summed E-state index contributed by atoms with van der Waals surface area (Å²) in [4.78, 5) is 0. The lowest BCUT2D eigenvalue weighted by Gasteiger charge is -2.14. The molecule has 36 heavy (non-hydrogen) atoms. The minimum Gasteiger partial charge on any atom is -0.0859 e. The molecule has 194 valence electrons. The second-order valence-corrected chi connectivity index (χ2v) is 9.32. The molecule has 2 unspecified atom stereocenters. The number of hydrogen-bond donors (Lipinski definition) is 0. The Morgan fingerprint density at radius 2 is 0.639 bits per heavy atom. The van der Waals surface area contributed by atoms with Gasteiger partial charge in [-0.3, -0.25) is 0 Å². The highest BCUT2D eigenvalue weighted by Gasteiger charge is 2.09. The second-order valence-electron chi connectivity index (χ2n) is 6.75. The van der Waals surface area contributed by atoms with Gasteiger partial charge in [0.05, 0.1) is 0 Å². The van der Waals surface area contributed by atoms with Crippen LogP contribution >= 0.6 is 17.2 Å². The van der Waals surface area contributed by atoms with Gasteiger partial charge in [0, 0.05) is 0 Å². The fraction of sp³-hybridized carbons (Fsp3) is 0.294. The molecule has 0 aliphatic rings. The van der Waals surface area contributed by atoms with Gasteiger partial charge in [0.15, 0.2) is 0 Å². The molecule has 4 rings (SSSR count). The Bertz CT molecular complexity index is 926. The fourth-order valence-electron chi connectivity index (χ4n) is 3.38. The molecular formula is C34H48P2. The summed E-state index contributed by atoms with van der Waals surface area (Å²) in [5.74, 6) is 0. The molecule has 4 aromatic rings. The van der Waals surface area contributed by atoms with Gasteiger partial charge in [-0.25, -0.2) is 0 Å². The summed E-state index contributed by atoms with van der Waals surface area (Å²) in [6, 6.07) is 39.5. The molecule has 2 atom stereocenters. The van der Waals surface area contributed by atoms with Gasteiger partial charge < -0.3 is 0 Å². The Morgan fingerprint density at radius 3 is 0.972 bits per heavy atom. The molecule has 0 bridgehead atoms. The van der Waals surface area contributed by atoms with Crippen LogP contribution < -0.4 is 10.6 Å². The minimum absolute atomic E-state index is 0.800. The molecule has 2 heteroatoms. The van der Waals surface area contributed by atoms with Gasteiger partial charge >= 0.3 is 0 Å². The summed E-state index contributed by atoms with van der Waals surface area (Å²) in [5.41, 5.74) is 5.67. The van der Waals surface area contributed by atoms with Crippen molar-refractivity contribution in [1.29, 1.82) is 0 Å². The maximum atomic E-state index is 2.29. The van der Waals surface area contributed by atoms with E-state index in [4.69, 9.17) is 0 Å². The average Bonchev–Trinajstić information content (AvgIpc) is 3.00. The first kappa shape index (κ1) is 33.7. The van der Waals surface area contributed by atoms with Crippen LogP contribution in [0, 0.1) is 0 Å². The van der Waals surface area contributed by atoms with E-state index in [1.165, 1.54) is 32.9 Å². The highest BCUT2D eigenvalue weighted by Crippen LogP contribution is 2.33. The summed E-state index contributed by atoms with van der Waals surface area (Å²) in [7, 11) is 1.60. The van der Waals surface area contributed by atoms with Crippen molar-refractivity contribution < 1.29 is 0 Å². The molecule has 0 saturated heterocycles. The zero-order chi connectivity index (χ0) is 27.0. The van der Waals surface area contributed by atoms with E-state index in [-0.39, 0.29) is 0 Å². The van der Waals surface area contributed by atoms with Crippen molar-refractivity contribution in [2.45, 2.75) is 67.7 Å². The Morgan fingerprint density at radius 1 is 0.361 bits per heavy atom. The van der Waals surface area contributed by atoms with Crippen molar-refractivity contribution in [1.82, 2.24) is 0 Å². The van der Waals surface area contributed by atoms with E-state index in [1.807, 2.05) is 55.4 Å². The smallest absolute Gasteiger partial charge is 0.00541 e. The van der Waals surface area contributed by atoms with Gasteiger partial charge in [-0.15, -0.1) is 0 Å². The van der Waals surface area contributed by atoms with Crippen molar-refractivity contribution in [3.63, 3.8) is 0 Å². The Labute approximate surface area is 226 Å². The van der Waals surface area contributed by atoms with Crippen LogP contribution in [-0.4, -0.2) is 0 Å². The fourth-order valence-corrected chi connectivity index (χ4v) is 5.64. The van der Waals surface area contributed by atoms with Crippen LogP contribution in [0.5, 0.6) is 0 Å². The minimum atomic E-state index is 0.800. The van der Waals surface area contributed by atoms with Crippen LogP contribution in [0.3, 0.4) is 0 Å². The third-order valence-electron chi connectivity index (χ3n) is 4.84. The highest BCUT2D eigenvalue weighted by atomic mass is 31.1. The predicted molar refractivity (Wildman–Crippen MR) is 173 cm³/mol. The number of rotatable bonds is 7. The first-order chi connectivity index (χ1) is 17.9. The summed E-state index contributed by atoms with van der Waals surface area (Å²) >= 11 is 0. The first-order valence-electron chi connectivity index (χ1n) is 13.6. The van der Waals surface area contributed by atoms with Gasteiger partial charge in [0.1, 0.15) is 0 Å². The summed E-state index contributed by atoms with van der Waals surface area (Å²) < 4.78 is 0. The monoisotopic (exact) mass is 518 g/mol. The maximum Gasteiger partial charge on any atom is -0.00541 e. The Hall–Kier alpha value is -2.26. The maximum absolute atomic E-state index is 2.29. The quantitative estimate of drug-likeness (QED) is 0.213. The zero-order valence-corrected chi connectivity index (χ0v) is 25.8. The standard InChI is InChI=1S/C26H24P2.4C2H6/c1-3-13-23(14-4-1)27-19-21-11-7-9-17-25(21)26-18-10-8-12-22(26)20-28-24-15-5-2-6-16-24;4*1-2/h1-18,27-28H,19-20H2;4*1-2H3. The van der Waals surface area contributed by atoms with Gasteiger partial charge in [0.25, 0.3) is 0 Å². The van der Waals surface area contributed by atoms with E-state index in [9.17, 15) is 0 Å². The van der Waals surface area contributed by atoms with Gasteiger partial charge in [-0.05, 0) is 45.2 Å². The van der Waals surface area contributed by atoms with Crippen molar-refractivity contribution in [3.8, 4) is 11.1 Å². The van der Waals surface area contributed by atoms with Crippen molar-refractivity contribution >= 4 is 27.8 Å². The van der Waals surface area contributed by atoms with Crippen molar-refractivity contribution in [2.24, 2.45) is 0 Å². The zero-order valence-electron chi connectivity index (χ0n) is 23.8. The molecule has 0 amide bonds. The van der Waals surface area contributed by atoms with Crippen LogP contribution in [0.15, 0.2) is 109 Å². The van der Waals surface area contributed by atoms with E-state index < -0.39 is 0 Å². The molecule has 4 aromatic carbocycles. The lowest BCUT2D eigenvalue weighted by Crippen LogP contribution is -1.97. The van der Waals surface area contributed by atoms with E-state index in [0.29, 0.717) is 0 Å². The second kappa shape index (κ2) is 23.2. The normalized spacial score (nSPS) is 9.67. The van der Waals surface area contributed by atoms with Crippen LogP contribution in [-0.2, 0) is 12.3 Å². The molecule has 0 heterocycles. The highest BCUT2D eigenvalue weighted by molar-refractivity contribution is 7.46. The molecule has 0 aromatic heterocycles. The third kappa shape index (κ3) is 12.1.